The Hall–Kier alpha value is -0.0400. The highest BCUT2D eigenvalue weighted by molar-refractivity contribution is 4.81. The van der Waals surface area contributed by atoms with Gasteiger partial charge in [-0.1, -0.05) is 32.6 Å². The lowest BCUT2D eigenvalue weighted by molar-refractivity contribution is 0.108. The average Bonchev–Trinajstić information content (AvgIpc) is 2.30. The van der Waals surface area contributed by atoms with Crippen LogP contribution in [0, 0.1) is 5.92 Å². The maximum absolute atomic E-state index is 2.78. The van der Waals surface area contributed by atoms with Gasteiger partial charge in [0.1, 0.15) is 0 Å². The van der Waals surface area contributed by atoms with Crippen molar-refractivity contribution in [3.05, 3.63) is 0 Å². The summed E-state index contributed by atoms with van der Waals surface area (Å²) in [5, 5.41) is 0. The van der Waals surface area contributed by atoms with Crippen LogP contribution in [0.3, 0.4) is 0 Å². The Balaban J connectivity index is 1.83. The van der Waals surface area contributed by atoms with Crippen LogP contribution in [0.5, 0.6) is 0 Å². The van der Waals surface area contributed by atoms with Gasteiger partial charge >= 0.3 is 0 Å². The molecule has 82 valence electrons. The first-order valence-corrected chi connectivity index (χ1v) is 6.64. The number of hydrogen-bond donors (Lipinski definition) is 0. The molecule has 1 aliphatic heterocycles. The molecule has 2 fully saturated rings. The summed E-state index contributed by atoms with van der Waals surface area (Å²) in [4.78, 5) is 2.78. The standard InChI is InChI=1S/C13H25N/c1-2-12-7-6-8-13(11-12)14-9-4-3-5-10-14/h12-13H,2-11H2,1H3. The molecule has 2 aliphatic rings. The first-order chi connectivity index (χ1) is 6.90. The van der Waals surface area contributed by atoms with E-state index in [1.165, 1.54) is 64.5 Å². The molecule has 0 aromatic rings. The lowest BCUT2D eigenvalue weighted by Crippen LogP contribution is -2.41. The zero-order chi connectivity index (χ0) is 9.80. The van der Waals surface area contributed by atoms with Crippen LogP contribution in [0.2, 0.25) is 0 Å². The van der Waals surface area contributed by atoms with Gasteiger partial charge in [0, 0.05) is 6.04 Å². The van der Waals surface area contributed by atoms with Crippen LogP contribution < -0.4 is 0 Å². The average molecular weight is 195 g/mol. The first kappa shape index (κ1) is 10.5. The Bertz CT molecular complexity index is 161. The molecule has 2 unspecified atom stereocenters. The summed E-state index contributed by atoms with van der Waals surface area (Å²) >= 11 is 0. The summed E-state index contributed by atoms with van der Waals surface area (Å²) in [6, 6.07) is 0.953. The predicted molar refractivity (Wildman–Crippen MR) is 61.5 cm³/mol. The predicted octanol–water partition coefficient (Wildman–Crippen LogP) is 3.44. The number of piperidine rings is 1. The SMILES string of the molecule is CCC1CCCC(N2CCCCC2)C1. The number of rotatable bonds is 2. The van der Waals surface area contributed by atoms with Crippen molar-refractivity contribution in [3.63, 3.8) is 0 Å². The normalized spacial score (nSPS) is 35.8. The van der Waals surface area contributed by atoms with Crippen LogP contribution in [-0.2, 0) is 0 Å². The second-order valence-electron chi connectivity index (χ2n) is 5.19. The van der Waals surface area contributed by atoms with Gasteiger partial charge in [-0.3, -0.25) is 0 Å². The van der Waals surface area contributed by atoms with Gasteiger partial charge in [-0.15, -0.1) is 0 Å². The second kappa shape index (κ2) is 5.16. The van der Waals surface area contributed by atoms with Crippen molar-refractivity contribution in [2.24, 2.45) is 5.92 Å². The Morgan fingerprint density at radius 2 is 1.79 bits per heavy atom. The molecule has 1 nitrogen and oxygen atoms in total. The summed E-state index contributed by atoms with van der Waals surface area (Å²) < 4.78 is 0. The van der Waals surface area contributed by atoms with Gasteiger partial charge in [-0.2, -0.15) is 0 Å². The van der Waals surface area contributed by atoms with E-state index in [9.17, 15) is 0 Å². The minimum atomic E-state index is 0.953. The minimum absolute atomic E-state index is 0.953. The lowest BCUT2D eigenvalue weighted by Gasteiger charge is -2.39. The topological polar surface area (TPSA) is 3.24 Å². The molecule has 0 aromatic heterocycles. The second-order valence-corrected chi connectivity index (χ2v) is 5.19. The fourth-order valence-electron chi connectivity index (χ4n) is 3.25. The molecule has 1 saturated carbocycles. The van der Waals surface area contributed by atoms with Gasteiger partial charge in [0.15, 0.2) is 0 Å². The third kappa shape index (κ3) is 2.50. The summed E-state index contributed by atoms with van der Waals surface area (Å²) in [5.74, 6) is 1.04. The zero-order valence-electron chi connectivity index (χ0n) is 9.67. The molecule has 0 spiro atoms. The molecule has 1 saturated heterocycles. The number of hydrogen-bond acceptors (Lipinski definition) is 1. The van der Waals surface area contributed by atoms with Gasteiger partial charge in [0.25, 0.3) is 0 Å². The quantitative estimate of drug-likeness (QED) is 0.652. The van der Waals surface area contributed by atoms with E-state index in [0.717, 1.165) is 12.0 Å². The van der Waals surface area contributed by atoms with Gasteiger partial charge in [-0.25, -0.2) is 0 Å². The zero-order valence-corrected chi connectivity index (χ0v) is 9.67. The van der Waals surface area contributed by atoms with E-state index >= 15 is 0 Å². The number of likely N-dealkylation sites (tertiary alicyclic amines) is 1. The molecule has 1 heteroatoms. The third-order valence-electron chi connectivity index (χ3n) is 4.24. The Kier molecular flexibility index (Phi) is 3.86. The van der Waals surface area contributed by atoms with Crippen LogP contribution in [0.4, 0.5) is 0 Å². The van der Waals surface area contributed by atoms with Crippen molar-refractivity contribution >= 4 is 0 Å². The van der Waals surface area contributed by atoms with E-state index < -0.39 is 0 Å². The van der Waals surface area contributed by atoms with Gasteiger partial charge < -0.3 is 4.90 Å². The number of nitrogens with zero attached hydrogens (tertiary/aromatic N) is 1. The van der Waals surface area contributed by atoms with E-state index in [0.29, 0.717) is 0 Å². The van der Waals surface area contributed by atoms with Crippen LogP contribution in [0.1, 0.15) is 58.3 Å². The Morgan fingerprint density at radius 1 is 1.00 bits per heavy atom. The van der Waals surface area contributed by atoms with Crippen LogP contribution in [0.25, 0.3) is 0 Å². The van der Waals surface area contributed by atoms with E-state index in [1.807, 2.05) is 0 Å². The summed E-state index contributed by atoms with van der Waals surface area (Å²) in [6.45, 7) is 5.14. The van der Waals surface area contributed by atoms with Gasteiger partial charge in [0.2, 0.25) is 0 Å². The molecule has 0 N–H and O–H groups in total. The third-order valence-corrected chi connectivity index (χ3v) is 4.24. The summed E-state index contributed by atoms with van der Waals surface area (Å²) in [5.41, 5.74) is 0. The van der Waals surface area contributed by atoms with Crippen molar-refractivity contribution < 1.29 is 0 Å². The molecule has 2 rings (SSSR count). The Morgan fingerprint density at radius 3 is 2.50 bits per heavy atom. The minimum Gasteiger partial charge on any atom is -0.300 e. The molecule has 0 amide bonds. The van der Waals surface area contributed by atoms with Crippen molar-refractivity contribution in [1.82, 2.24) is 4.90 Å². The molecular weight excluding hydrogens is 170 g/mol. The van der Waals surface area contributed by atoms with E-state index in [2.05, 4.69) is 11.8 Å². The monoisotopic (exact) mass is 195 g/mol. The molecule has 14 heavy (non-hydrogen) atoms. The fourth-order valence-corrected chi connectivity index (χ4v) is 3.25. The maximum atomic E-state index is 2.78. The van der Waals surface area contributed by atoms with Crippen molar-refractivity contribution in [3.8, 4) is 0 Å². The fraction of sp³-hybridized carbons (Fsp3) is 1.00. The summed E-state index contributed by atoms with van der Waals surface area (Å²) in [7, 11) is 0. The maximum Gasteiger partial charge on any atom is 0.00978 e. The van der Waals surface area contributed by atoms with E-state index in [-0.39, 0.29) is 0 Å². The molecule has 2 atom stereocenters. The van der Waals surface area contributed by atoms with Gasteiger partial charge in [-0.05, 0) is 44.7 Å². The Labute approximate surface area is 88.9 Å². The highest BCUT2D eigenvalue weighted by atomic mass is 15.2. The highest BCUT2D eigenvalue weighted by Crippen LogP contribution is 2.30. The van der Waals surface area contributed by atoms with Gasteiger partial charge in [0.05, 0.1) is 0 Å². The van der Waals surface area contributed by atoms with Crippen molar-refractivity contribution in [1.29, 1.82) is 0 Å². The van der Waals surface area contributed by atoms with Crippen molar-refractivity contribution in [2.45, 2.75) is 64.3 Å². The molecule has 0 aromatic carbocycles. The van der Waals surface area contributed by atoms with Crippen LogP contribution in [0.15, 0.2) is 0 Å². The highest BCUT2D eigenvalue weighted by Gasteiger charge is 2.26. The lowest BCUT2D eigenvalue weighted by atomic mass is 9.83. The molecule has 1 heterocycles. The van der Waals surface area contributed by atoms with E-state index in [4.69, 9.17) is 0 Å². The van der Waals surface area contributed by atoms with Crippen molar-refractivity contribution in [2.75, 3.05) is 13.1 Å². The smallest absolute Gasteiger partial charge is 0.00978 e. The van der Waals surface area contributed by atoms with Crippen LogP contribution in [-0.4, -0.2) is 24.0 Å². The molecule has 0 bridgehead atoms. The van der Waals surface area contributed by atoms with E-state index in [1.54, 1.807) is 0 Å². The molecular formula is C13H25N. The summed E-state index contributed by atoms with van der Waals surface area (Å²) in [6.07, 6.45) is 11.7. The first-order valence-electron chi connectivity index (χ1n) is 6.64. The van der Waals surface area contributed by atoms with Crippen LogP contribution >= 0.6 is 0 Å². The molecule has 0 radical (unpaired) electrons. The molecule has 1 aliphatic carbocycles. The largest absolute Gasteiger partial charge is 0.300 e.